The van der Waals surface area contributed by atoms with Crippen molar-refractivity contribution in [1.29, 1.82) is 5.26 Å². The number of ether oxygens (including phenoxy) is 3. The zero-order chi connectivity index (χ0) is 29.4. The molecular weight excluding hydrogens is 520 g/mol. The SMILES string of the molecule is Cc1cc(OC(=O)c2cccc(-c3ccccc3)c2C)cc(OCc2cccc(C#N)c2)c1COC(=O)[C@@H](N)CO. The van der Waals surface area contributed by atoms with Crippen molar-refractivity contribution in [2.24, 2.45) is 5.73 Å². The van der Waals surface area contributed by atoms with Crippen LogP contribution in [0.5, 0.6) is 11.5 Å². The number of hydrogen-bond donors (Lipinski definition) is 2. The maximum absolute atomic E-state index is 13.3. The fraction of sp³-hybridized carbons (Fsp3) is 0.182. The van der Waals surface area contributed by atoms with Crippen molar-refractivity contribution in [2.45, 2.75) is 33.1 Å². The van der Waals surface area contributed by atoms with Crippen molar-refractivity contribution in [3.63, 3.8) is 0 Å². The Labute approximate surface area is 238 Å². The van der Waals surface area contributed by atoms with Gasteiger partial charge < -0.3 is 25.1 Å². The lowest BCUT2D eigenvalue weighted by atomic mass is 9.96. The predicted molar refractivity (Wildman–Crippen MR) is 153 cm³/mol. The Hall–Kier alpha value is -4.97. The Morgan fingerprint density at radius 3 is 2.44 bits per heavy atom. The number of nitrogens with zero attached hydrogens (tertiary/aromatic N) is 1. The zero-order valence-electron chi connectivity index (χ0n) is 22.8. The first-order chi connectivity index (χ1) is 19.8. The van der Waals surface area contributed by atoms with Crippen LogP contribution in [0.2, 0.25) is 0 Å². The molecule has 208 valence electrons. The summed E-state index contributed by atoms with van der Waals surface area (Å²) in [5.74, 6) is -0.709. The first-order valence-electron chi connectivity index (χ1n) is 13.0. The minimum absolute atomic E-state index is 0.113. The molecular formula is C33H30N2O6. The lowest BCUT2D eigenvalue weighted by Crippen LogP contribution is -2.35. The van der Waals surface area contributed by atoms with Crippen molar-refractivity contribution in [2.75, 3.05) is 6.61 Å². The average molecular weight is 551 g/mol. The molecule has 0 spiro atoms. The number of rotatable bonds is 10. The van der Waals surface area contributed by atoms with Gasteiger partial charge in [0.25, 0.3) is 0 Å². The molecule has 0 fully saturated rings. The van der Waals surface area contributed by atoms with E-state index in [9.17, 15) is 14.9 Å². The Kier molecular flexibility index (Phi) is 9.48. The second-order valence-corrected chi connectivity index (χ2v) is 9.45. The van der Waals surface area contributed by atoms with E-state index in [1.54, 1.807) is 43.3 Å². The summed E-state index contributed by atoms with van der Waals surface area (Å²) in [6, 6.07) is 26.4. The van der Waals surface area contributed by atoms with E-state index in [0.29, 0.717) is 28.0 Å². The molecule has 0 aliphatic carbocycles. The topological polar surface area (TPSA) is 132 Å². The maximum atomic E-state index is 13.3. The molecule has 4 rings (SSSR count). The van der Waals surface area contributed by atoms with Crippen LogP contribution in [0.15, 0.2) is 84.9 Å². The number of benzene rings is 4. The van der Waals surface area contributed by atoms with Crippen molar-refractivity contribution in [1.82, 2.24) is 0 Å². The molecule has 8 heteroatoms. The third-order valence-electron chi connectivity index (χ3n) is 6.56. The quantitative estimate of drug-likeness (QED) is 0.208. The summed E-state index contributed by atoms with van der Waals surface area (Å²) in [6.07, 6.45) is 0. The van der Waals surface area contributed by atoms with Crippen LogP contribution in [0, 0.1) is 25.2 Å². The molecule has 0 heterocycles. The minimum atomic E-state index is -1.16. The van der Waals surface area contributed by atoms with Crippen LogP contribution >= 0.6 is 0 Å². The van der Waals surface area contributed by atoms with Gasteiger partial charge in [-0.3, -0.25) is 4.79 Å². The fourth-order valence-electron chi connectivity index (χ4n) is 4.29. The van der Waals surface area contributed by atoms with Crippen molar-refractivity contribution >= 4 is 11.9 Å². The van der Waals surface area contributed by atoms with Gasteiger partial charge >= 0.3 is 11.9 Å². The van der Waals surface area contributed by atoms with Crippen LogP contribution in [0.3, 0.4) is 0 Å². The number of nitriles is 1. The first kappa shape index (κ1) is 29.0. The third-order valence-corrected chi connectivity index (χ3v) is 6.56. The Balaban J connectivity index is 1.62. The second kappa shape index (κ2) is 13.4. The largest absolute Gasteiger partial charge is 0.488 e. The Bertz CT molecular complexity index is 1590. The lowest BCUT2D eigenvalue weighted by Gasteiger charge is -2.18. The highest BCUT2D eigenvalue weighted by molar-refractivity contribution is 5.95. The van der Waals surface area contributed by atoms with E-state index in [-0.39, 0.29) is 19.0 Å². The van der Waals surface area contributed by atoms with Gasteiger partial charge in [-0.15, -0.1) is 0 Å². The smallest absolute Gasteiger partial charge is 0.343 e. The van der Waals surface area contributed by atoms with Crippen molar-refractivity contribution < 1.29 is 28.9 Å². The van der Waals surface area contributed by atoms with Gasteiger partial charge in [-0.05, 0) is 65.9 Å². The van der Waals surface area contributed by atoms with Crippen LogP contribution in [0.4, 0.5) is 0 Å². The van der Waals surface area contributed by atoms with Crippen LogP contribution in [0.1, 0.15) is 38.2 Å². The molecule has 3 N–H and O–H groups in total. The monoisotopic (exact) mass is 550 g/mol. The number of esters is 2. The standard InChI is InChI=1S/C33H30N2O6/c1-21-14-26(41-32(37)28-13-7-12-27(22(28)2)25-10-4-3-5-11-25)16-31(29(21)20-40-33(38)30(35)18-36)39-19-24-9-6-8-23(15-24)17-34/h3-16,30,36H,18-20,35H2,1-2H3/t30-/m0/s1. The normalized spacial score (nSPS) is 11.3. The number of aliphatic hydroxyl groups is 1. The summed E-state index contributed by atoms with van der Waals surface area (Å²) in [4.78, 5) is 25.4. The molecule has 0 unspecified atom stereocenters. The van der Waals surface area contributed by atoms with Gasteiger partial charge in [-0.2, -0.15) is 5.26 Å². The van der Waals surface area contributed by atoms with Crippen LogP contribution in [-0.2, 0) is 22.7 Å². The van der Waals surface area contributed by atoms with E-state index in [4.69, 9.17) is 25.1 Å². The van der Waals surface area contributed by atoms with E-state index < -0.39 is 24.6 Å². The van der Waals surface area contributed by atoms with Crippen LogP contribution < -0.4 is 15.2 Å². The van der Waals surface area contributed by atoms with Gasteiger partial charge in [0.15, 0.2) is 0 Å². The number of aryl methyl sites for hydroxylation is 1. The van der Waals surface area contributed by atoms with E-state index in [2.05, 4.69) is 6.07 Å². The third kappa shape index (κ3) is 7.17. The summed E-state index contributed by atoms with van der Waals surface area (Å²) in [5.41, 5.74) is 11.1. The predicted octanol–water partition coefficient (Wildman–Crippen LogP) is 5.00. The molecule has 0 saturated heterocycles. The van der Waals surface area contributed by atoms with Gasteiger partial charge in [0.1, 0.15) is 30.8 Å². The van der Waals surface area contributed by atoms with Gasteiger partial charge in [0.2, 0.25) is 0 Å². The van der Waals surface area contributed by atoms with E-state index in [1.165, 1.54) is 0 Å². The van der Waals surface area contributed by atoms with Gasteiger partial charge in [-0.25, -0.2) is 4.79 Å². The summed E-state index contributed by atoms with van der Waals surface area (Å²) in [6.45, 7) is 3.05. The first-order valence-corrected chi connectivity index (χ1v) is 13.0. The zero-order valence-corrected chi connectivity index (χ0v) is 22.8. The molecule has 1 atom stereocenters. The molecule has 0 amide bonds. The molecule has 0 aliphatic heterocycles. The molecule has 4 aromatic carbocycles. The number of carbonyl (C=O) groups is 2. The highest BCUT2D eigenvalue weighted by Gasteiger charge is 2.20. The molecule has 4 aromatic rings. The lowest BCUT2D eigenvalue weighted by molar-refractivity contribution is -0.147. The van der Waals surface area contributed by atoms with Crippen LogP contribution in [-0.4, -0.2) is 29.7 Å². The van der Waals surface area contributed by atoms with Gasteiger partial charge in [0, 0.05) is 11.6 Å². The molecule has 0 bridgehead atoms. The molecule has 0 aliphatic rings. The Morgan fingerprint density at radius 2 is 1.71 bits per heavy atom. The molecule has 0 saturated carbocycles. The summed E-state index contributed by atoms with van der Waals surface area (Å²) < 4.78 is 17.2. The van der Waals surface area contributed by atoms with Gasteiger partial charge in [-0.1, -0.05) is 54.6 Å². The molecule has 41 heavy (non-hydrogen) atoms. The number of nitrogens with two attached hydrogens (primary N) is 1. The van der Waals surface area contributed by atoms with Crippen LogP contribution in [0.25, 0.3) is 11.1 Å². The fourth-order valence-corrected chi connectivity index (χ4v) is 4.29. The van der Waals surface area contributed by atoms with Crippen molar-refractivity contribution in [3.05, 3.63) is 118 Å². The second-order valence-electron chi connectivity index (χ2n) is 9.45. The van der Waals surface area contributed by atoms with E-state index in [0.717, 1.165) is 22.3 Å². The molecule has 0 aromatic heterocycles. The Morgan fingerprint density at radius 1 is 0.951 bits per heavy atom. The molecule has 0 radical (unpaired) electrons. The summed E-state index contributed by atoms with van der Waals surface area (Å²) in [7, 11) is 0. The van der Waals surface area contributed by atoms with E-state index in [1.807, 2.05) is 55.5 Å². The minimum Gasteiger partial charge on any atom is -0.488 e. The maximum Gasteiger partial charge on any atom is 0.343 e. The average Bonchev–Trinajstić information content (AvgIpc) is 2.99. The number of hydrogen-bond acceptors (Lipinski definition) is 8. The highest BCUT2D eigenvalue weighted by atomic mass is 16.5. The summed E-state index contributed by atoms with van der Waals surface area (Å²) in [5, 5.41) is 18.4. The highest BCUT2D eigenvalue weighted by Crippen LogP contribution is 2.32. The van der Waals surface area contributed by atoms with Gasteiger partial charge in [0.05, 0.1) is 23.8 Å². The number of aliphatic hydroxyl groups excluding tert-OH is 1. The summed E-state index contributed by atoms with van der Waals surface area (Å²) >= 11 is 0. The van der Waals surface area contributed by atoms with E-state index >= 15 is 0 Å². The molecule has 8 nitrogen and oxygen atoms in total. The van der Waals surface area contributed by atoms with Crippen molar-refractivity contribution in [3.8, 4) is 28.7 Å². The number of carbonyl (C=O) groups excluding carboxylic acids is 2.